The molecule has 3 heteroatoms. The third-order valence-corrected chi connectivity index (χ3v) is 2.79. The van der Waals surface area contributed by atoms with E-state index in [1.54, 1.807) is 6.07 Å². The highest BCUT2D eigenvalue weighted by Crippen LogP contribution is 2.23. The van der Waals surface area contributed by atoms with Gasteiger partial charge in [-0.3, -0.25) is 4.79 Å². The van der Waals surface area contributed by atoms with Crippen molar-refractivity contribution in [3.8, 4) is 5.75 Å². The molecular weight excluding hydrogens is 248 g/mol. The molecule has 0 N–H and O–H groups in total. The first-order valence-corrected chi connectivity index (χ1v) is 6.02. The van der Waals surface area contributed by atoms with Gasteiger partial charge in [0, 0.05) is 0 Å². The van der Waals surface area contributed by atoms with Crippen LogP contribution in [-0.2, 0) is 6.61 Å². The molecule has 2 aromatic rings. The fourth-order valence-electron chi connectivity index (χ4n) is 1.65. The molecule has 0 unspecified atom stereocenters. The largest absolute Gasteiger partial charge is 0.488 e. The number of halogens is 1. The van der Waals surface area contributed by atoms with Crippen molar-refractivity contribution in [1.82, 2.24) is 0 Å². The number of carbonyl (C=O) groups excluding carboxylic acids is 1. The standard InChI is InChI=1S/C15H13ClO2/c1-11-7-8-13(15(16)17)14(9-11)18-10-12-5-3-2-4-6-12/h2-9H,10H2,1H3. The van der Waals surface area contributed by atoms with Crippen LogP contribution >= 0.6 is 11.6 Å². The minimum absolute atomic E-state index is 0.401. The summed E-state index contributed by atoms with van der Waals surface area (Å²) >= 11 is 5.52. The molecule has 0 atom stereocenters. The van der Waals surface area contributed by atoms with Crippen LogP contribution in [-0.4, -0.2) is 5.24 Å². The average molecular weight is 261 g/mol. The molecule has 2 nitrogen and oxygen atoms in total. The molecule has 0 aliphatic rings. The van der Waals surface area contributed by atoms with Gasteiger partial charge in [0.05, 0.1) is 5.56 Å². The Morgan fingerprint density at radius 3 is 2.56 bits per heavy atom. The highest BCUT2D eigenvalue weighted by atomic mass is 35.5. The van der Waals surface area contributed by atoms with Crippen molar-refractivity contribution >= 4 is 16.8 Å². The maximum Gasteiger partial charge on any atom is 0.256 e. The molecule has 0 saturated carbocycles. The van der Waals surface area contributed by atoms with Gasteiger partial charge in [-0.05, 0) is 41.8 Å². The third kappa shape index (κ3) is 3.11. The van der Waals surface area contributed by atoms with Crippen LogP contribution in [0.15, 0.2) is 48.5 Å². The fraction of sp³-hybridized carbons (Fsp3) is 0.133. The Hall–Kier alpha value is -1.80. The van der Waals surface area contributed by atoms with Gasteiger partial charge in [0.1, 0.15) is 12.4 Å². The Kier molecular flexibility index (Phi) is 4.00. The van der Waals surface area contributed by atoms with Crippen molar-refractivity contribution in [2.75, 3.05) is 0 Å². The second kappa shape index (κ2) is 5.69. The summed E-state index contributed by atoms with van der Waals surface area (Å²) in [5.74, 6) is 0.527. The Balaban J connectivity index is 2.18. The van der Waals surface area contributed by atoms with E-state index in [1.165, 1.54) is 0 Å². The number of aryl methyl sites for hydroxylation is 1. The lowest BCUT2D eigenvalue weighted by Crippen LogP contribution is -2.00. The molecular formula is C15H13ClO2. The molecule has 92 valence electrons. The zero-order valence-electron chi connectivity index (χ0n) is 10.0. The number of rotatable bonds is 4. The Bertz CT molecular complexity index is 550. The number of carbonyl (C=O) groups is 1. The van der Waals surface area contributed by atoms with E-state index in [1.807, 2.05) is 49.4 Å². The van der Waals surface area contributed by atoms with E-state index >= 15 is 0 Å². The molecule has 0 aromatic heterocycles. The summed E-state index contributed by atoms with van der Waals surface area (Å²) in [5, 5.41) is -0.502. The van der Waals surface area contributed by atoms with Gasteiger partial charge >= 0.3 is 0 Å². The summed E-state index contributed by atoms with van der Waals surface area (Å²) in [5.41, 5.74) is 2.48. The van der Waals surface area contributed by atoms with Crippen LogP contribution in [0.1, 0.15) is 21.5 Å². The molecule has 0 radical (unpaired) electrons. The van der Waals surface area contributed by atoms with E-state index in [2.05, 4.69) is 0 Å². The molecule has 2 aromatic carbocycles. The number of ether oxygens (including phenoxy) is 1. The summed E-state index contributed by atoms with van der Waals surface area (Å²) in [6, 6.07) is 15.1. The minimum Gasteiger partial charge on any atom is -0.488 e. The van der Waals surface area contributed by atoms with Crippen LogP contribution in [0.2, 0.25) is 0 Å². The monoisotopic (exact) mass is 260 g/mol. The quantitative estimate of drug-likeness (QED) is 0.778. The second-order valence-electron chi connectivity index (χ2n) is 4.05. The zero-order valence-corrected chi connectivity index (χ0v) is 10.8. The van der Waals surface area contributed by atoms with E-state index in [-0.39, 0.29) is 0 Å². The van der Waals surface area contributed by atoms with Crippen molar-refractivity contribution in [3.05, 3.63) is 65.2 Å². The van der Waals surface area contributed by atoms with Gasteiger partial charge in [-0.1, -0.05) is 36.4 Å². The summed E-state index contributed by atoms with van der Waals surface area (Å²) in [7, 11) is 0. The van der Waals surface area contributed by atoms with Crippen LogP contribution in [0.25, 0.3) is 0 Å². The molecule has 0 aliphatic carbocycles. The van der Waals surface area contributed by atoms with Crippen LogP contribution in [0.5, 0.6) is 5.75 Å². The molecule has 0 bridgehead atoms. The Morgan fingerprint density at radius 1 is 1.17 bits per heavy atom. The van der Waals surface area contributed by atoms with Crippen LogP contribution in [0.3, 0.4) is 0 Å². The lowest BCUT2D eigenvalue weighted by molar-refractivity contribution is 0.107. The van der Waals surface area contributed by atoms with Crippen molar-refractivity contribution in [3.63, 3.8) is 0 Å². The van der Waals surface area contributed by atoms with Crippen molar-refractivity contribution in [2.45, 2.75) is 13.5 Å². The van der Waals surface area contributed by atoms with Crippen LogP contribution in [0, 0.1) is 6.92 Å². The second-order valence-corrected chi connectivity index (χ2v) is 4.39. The van der Waals surface area contributed by atoms with E-state index in [0.717, 1.165) is 11.1 Å². The van der Waals surface area contributed by atoms with Gasteiger partial charge in [0.2, 0.25) is 0 Å². The van der Waals surface area contributed by atoms with Crippen molar-refractivity contribution in [2.24, 2.45) is 0 Å². The molecule has 0 amide bonds. The maximum absolute atomic E-state index is 11.3. The summed E-state index contributed by atoms with van der Waals surface area (Å²) in [6.07, 6.45) is 0. The molecule has 0 aliphatic heterocycles. The maximum atomic E-state index is 11.3. The predicted molar refractivity (Wildman–Crippen MR) is 72.1 cm³/mol. The van der Waals surface area contributed by atoms with Gasteiger partial charge in [-0.2, -0.15) is 0 Å². The number of hydrogen-bond acceptors (Lipinski definition) is 2. The third-order valence-electron chi connectivity index (χ3n) is 2.59. The molecule has 0 heterocycles. The lowest BCUT2D eigenvalue weighted by atomic mass is 10.1. The van der Waals surface area contributed by atoms with E-state index in [0.29, 0.717) is 17.9 Å². The summed E-state index contributed by atoms with van der Waals surface area (Å²) < 4.78 is 5.66. The first-order valence-electron chi connectivity index (χ1n) is 5.64. The first-order chi connectivity index (χ1) is 8.66. The minimum atomic E-state index is -0.502. The number of hydrogen-bond donors (Lipinski definition) is 0. The molecule has 0 spiro atoms. The van der Waals surface area contributed by atoms with E-state index in [9.17, 15) is 4.79 Å². The van der Waals surface area contributed by atoms with Gasteiger partial charge in [-0.25, -0.2) is 0 Å². The fourth-order valence-corrected chi connectivity index (χ4v) is 1.80. The van der Waals surface area contributed by atoms with Gasteiger partial charge < -0.3 is 4.74 Å². The molecule has 0 fully saturated rings. The van der Waals surface area contributed by atoms with Crippen molar-refractivity contribution < 1.29 is 9.53 Å². The first kappa shape index (κ1) is 12.7. The smallest absolute Gasteiger partial charge is 0.256 e. The Morgan fingerprint density at radius 2 is 1.89 bits per heavy atom. The van der Waals surface area contributed by atoms with Gasteiger partial charge in [-0.15, -0.1) is 0 Å². The van der Waals surface area contributed by atoms with Gasteiger partial charge in [0.15, 0.2) is 0 Å². The Labute approximate surface area is 111 Å². The van der Waals surface area contributed by atoms with Crippen molar-refractivity contribution in [1.29, 1.82) is 0 Å². The number of benzene rings is 2. The average Bonchev–Trinajstić information content (AvgIpc) is 2.37. The summed E-state index contributed by atoms with van der Waals surface area (Å²) in [4.78, 5) is 11.3. The van der Waals surface area contributed by atoms with Crippen LogP contribution in [0.4, 0.5) is 0 Å². The molecule has 18 heavy (non-hydrogen) atoms. The predicted octanol–water partition coefficient (Wildman–Crippen LogP) is 3.95. The zero-order chi connectivity index (χ0) is 13.0. The van der Waals surface area contributed by atoms with Crippen LogP contribution < -0.4 is 4.74 Å². The van der Waals surface area contributed by atoms with E-state index < -0.39 is 5.24 Å². The molecule has 2 rings (SSSR count). The topological polar surface area (TPSA) is 26.3 Å². The highest BCUT2D eigenvalue weighted by Gasteiger charge is 2.10. The lowest BCUT2D eigenvalue weighted by Gasteiger charge is -2.10. The normalized spacial score (nSPS) is 10.1. The summed E-state index contributed by atoms with van der Waals surface area (Å²) in [6.45, 7) is 2.36. The van der Waals surface area contributed by atoms with E-state index in [4.69, 9.17) is 16.3 Å². The SMILES string of the molecule is Cc1ccc(C(=O)Cl)c(OCc2ccccc2)c1. The van der Waals surface area contributed by atoms with Gasteiger partial charge in [0.25, 0.3) is 5.24 Å². The highest BCUT2D eigenvalue weighted by molar-refractivity contribution is 6.68. The molecule has 0 saturated heterocycles.